The SMILES string of the molecule is COC(=O)c1ccc(N2C(=O)C3C4C=CC(C45CC5)C3(C)C2=O)cc1. The van der Waals surface area contributed by atoms with Crippen LogP contribution in [0.5, 0.6) is 0 Å². The van der Waals surface area contributed by atoms with Gasteiger partial charge in [0.1, 0.15) is 0 Å². The second-order valence-corrected chi connectivity index (χ2v) is 7.90. The van der Waals surface area contributed by atoms with Crippen molar-refractivity contribution in [3.63, 3.8) is 0 Å². The highest BCUT2D eigenvalue weighted by molar-refractivity contribution is 6.24. The van der Waals surface area contributed by atoms with E-state index in [0.717, 1.165) is 12.8 Å². The average molecular weight is 337 g/mol. The molecular formula is C20H19NO4. The standard InChI is InChI=1S/C20H19NO4/c1-19-14-8-7-13(20(14)9-10-20)15(19)16(22)21(18(19)24)12-5-3-11(4-6-12)17(23)25-2/h3-8,13-15H,9-10H2,1-2H3. The number of imide groups is 1. The molecule has 3 aliphatic carbocycles. The van der Waals surface area contributed by atoms with Gasteiger partial charge in [-0.05, 0) is 61.3 Å². The lowest BCUT2D eigenvalue weighted by molar-refractivity contribution is -0.127. The first-order valence-electron chi connectivity index (χ1n) is 8.70. The lowest BCUT2D eigenvalue weighted by atomic mass is 9.71. The Balaban J connectivity index is 1.53. The zero-order valence-corrected chi connectivity index (χ0v) is 14.2. The Morgan fingerprint density at radius 3 is 2.40 bits per heavy atom. The maximum atomic E-state index is 13.3. The summed E-state index contributed by atoms with van der Waals surface area (Å²) in [7, 11) is 1.32. The molecule has 1 aromatic rings. The van der Waals surface area contributed by atoms with Gasteiger partial charge in [-0.3, -0.25) is 9.59 Å². The minimum atomic E-state index is -0.631. The van der Waals surface area contributed by atoms with E-state index in [1.54, 1.807) is 24.3 Å². The zero-order valence-electron chi connectivity index (χ0n) is 14.2. The van der Waals surface area contributed by atoms with Crippen LogP contribution in [0.3, 0.4) is 0 Å². The monoisotopic (exact) mass is 337 g/mol. The molecule has 1 saturated heterocycles. The summed E-state index contributed by atoms with van der Waals surface area (Å²) in [6.45, 7) is 1.97. The van der Waals surface area contributed by atoms with Gasteiger partial charge in [0.2, 0.25) is 11.8 Å². The third-order valence-corrected chi connectivity index (χ3v) is 6.97. The molecule has 4 unspecified atom stereocenters. The van der Waals surface area contributed by atoms with Crippen molar-refractivity contribution in [3.05, 3.63) is 42.0 Å². The Morgan fingerprint density at radius 2 is 1.84 bits per heavy atom. The highest BCUT2D eigenvalue weighted by atomic mass is 16.5. The van der Waals surface area contributed by atoms with E-state index in [1.165, 1.54) is 12.0 Å². The summed E-state index contributed by atoms with van der Waals surface area (Å²) in [6.07, 6.45) is 6.58. The molecule has 5 heteroatoms. The maximum Gasteiger partial charge on any atom is 0.337 e. The number of hydrogen-bond donors (Lipinski definition) is 0. The predicted octanol–water partition coefficient (Wildman–Crippen LogP) is 2.56. The van der Waals surface area contributed by atoms with Gasteiger partial charge in [-0.15, -0.1) is 0 Å². The fourth-order valence-corrected chi connectivity index (χ4v) is 5.68. The van der Waals surface area contributed by atoms with Gasteiger partial charge in [0, 0.05) is 0 Å². The van der Waals surface area contributed by atoms with Gasteiger partial charge in [-0.25, -0.2) is 9.69 Å². The number of carbonyl (C=O) groups is 3. The van der Waals surface area contributed by atoms with Crippen molar-refractivity contribution in [3.8, 4) is 0 Å². The number of carbonyl (C=O) groups excluding carboxylic acids is 3. The van der Waals surface area contributed by atoms with E-state index in [0.29, 0.717) is 11.3 Å². The van der Waals surface area contributed by atoms with Gasteiger partial charge >= 0.3 is 5.97 Å². The number of fused-ring (bicyclic) bond motifs is 3. The summed E-state index contributed by atoms with van der Waals surface area (Å²) in [5.74, 6) is -0.521. The summed E-state index contributed by atoms with van der Waals surface area (Å²) in [5.41, 5.74) is 0.470. The van der Waals surface area contributed by atoms with Crippen LogP contribution in [0.2, 0.25) is 0 Å². The van der Waals surface area contributed by atoms with E-state index in [1.807, 2.05) is 6.92 Å². The van der Waals surface area contributed by atoms with Crippen LogP contribution in [0.25, 0.3) is 0 Å². The fourth-order valence-electron chi connectivity index (χ4n) is 5.68. The number of benzene rings is 1. The molecule has 4 atom stereocenters. The van der Waals surface area contributed by atoms with Crippen LogP contribution in [0.15, 0.2) is 36.4 Å². The smallest absolute Gasteiger partial charge is 0.337 e. The zero-order chi connectivity index (χ0) is 17.6. The predicted molar refractivity (Wildman–Crippen MR) is 89.7 cm³/mol. The van der Waals surface area contributed by atoms with Gasteiger partial charge in [0.25, 0.3) is 0 Å². The van der Waals surface area contributed by atoms with Crippen molar-refractivity contribution in [1.29, 1.82) is 0 Å². The number of rotatable bonds is 2. The second-order valence-electron chi connectivity index (χ2n) is 7.90. The second kappa shape index (κ2) is 4.40. The van der Waals surface area contributed by atoms with Crippen LogP contribution in [-0.4, -0.2) is 24.9 Å². The van der Waals surface area contributed by atoms with Crippen molar-refractivity contribution in [1.82, 2.24) is 0 Å². The molecule has 1 spiro atoms. The van der Waals surface area contributed by atoms with Crippen molar-refractivity contribution >= 4 is 23.5 Å². The Labute approximate surface area is 145 Å². The molecule has 2 saturated carbocycles. The lowest BCUT2D eigenvalue weighted by Crippen LogP contribution is -2.39. The highest BCUT2D eigenvalue weighted by Gasteiger charge is 2.78. The molecule has 5 rings (SSSR count). The molecule has 0 radical (unpaired) electrons. The first kappa shape index (κ1) is 14.9. The van der Waals surface area contributed by atoms with Crippen molar-refractivity contribution in [2.75, 3.05) is 12.0 Å². The topological polar surface area (TPSA) is 63.7 Å². The molecule has 1 heterocycles. The van der Waals surface area contributed by atoms with Crippen LogP contribution in [0.1, 0.15) is 30.1 Å². The summed E-state index contributed by atoms with van der Waals surface area (Å²) in [6, 6.07) is 6.48. The normalized spacial score (nSPS) is 36.2. The molecule has 3 fully saturated rings. The van der Waals surface area contributed by atoms with E-state index in [2.05, 4.69) is 12.2 Å². The molecule has 2 bridgehead atoms. The average Bonchev–Trinajstić information content (AvgIpc) is 3.23. The quantitative estimate of drug-likeness (QED) is 0.473. The van der Waals surface area contributed by atoms with Gasteiger partial charge in [0.05, 0.1) is 29.7 Å². The van der Waals surface area contributed by atoms with Crippen molar-refractivity contribution in [2.24, 2.45) is 28.6 Å². The van der Waals surface area contributed by atoms with Crippen LogP contribution in [0, 0.1) is 28.6 Å². The highest BCUT2D eigenvalue weighted by Crippen LogP contribution is 2.77. The minimum Gasteiger partial charge on any atom is -0.465 e. The number of anilines is 1. The summed E-state index contributed by atoms with van der Waals surface area (Å²) in [5, 5.41) is 0. The van der Waals surface area contributed by atoms with Gasteiger partial charge in [-0.2, -0.15) is 0 Å². The number of amides is 2. The molecule has 1 aromatic carbocycles. The van der Waals surface area contributed by atoms with Crippen LogP contribution in [-0.2, 0) is 14.3 Å². The lowest BCUT2D eigenvalue weighted by Gasteiger charge is -2.29. The number of methoxy groups -OCH3 is 1. The number of ether oxygens (including phenoxy) is 1. The number of esters is 1. The van der Waals surface area contributed by atoms with E-state index >= 15 is 0 Å². The largest absolute Gasteiger partial charge is 0.465 e. The first-order valence-corrected chi connectivity index (χ1v) is 8.70. The van der Waals surface area contributed by atoms with E-state index in [4.69, 9.17) is 4.74 Å². The third kappa shape index (κ3) is 1.53. The van der Waals surface area contributed by atoms with Gasteiger partial charge in [0.15, 0.2) is 0 Å². The van der Waals surface area contributed by atoms with Crippen molar-refractivity contribution in [2.45, 2.75) is 19.8 Å². The molecule has 1 aliphatic heterocycles. The first-order chi connectivity index (χ1) is 11.9. The molecule has 128 valence electrons. The number of allylic oxidation sites excluding steroid dienone is 2. The molecule has 2 amide bonds. The molecule has 5 nitrogen and oxygen atoms in total. The Morgan fingerprint density at radius 1 is 1.16 bits per heavy atom. The van der Waals surface area contributed by atoms with E-state index in [9.17, 15) is 14.4 Å². The van der Waals surface area contributed by atoms with Crippen LogP contribution < -0.4 is 4.90 Å². The molecule has 0 N–H and O–H groups in total. The minimum absolute atomic E-state index is 0.0959. The van der Waals surface area contributed by atoms with Gasteiger partial charge < -0.3 is 4.74 Å². The Hall–Kier alpha value is -2.43. The van der Waals surface area contributed by atoms with Crippen molar-refractivity contribution < 1.29 is 19.1 Å². The summed E-state index contributed by atoms with van der Waals surface area (Å²) >= 11 is 0. The molecule has 4 aliphatic rings. The Bertz CT molecular complexity index is 851. The summed E-state index contributed by atoms with van der Waals surface area (Å²) < 4.78 is 4.69. The molecule has 0 aromatic heterocycles. The molecule has 25 heavy (non-hydrogen) atoms. The third-order valence-electron chi connectivity index (χ3n) is 6.97. The Kier molecular flexibility index (Phi) is 2.61. The molecular weight excluding hydrogens is 318 g/mol. The van der Waals surface area contributed by atoms with Gasteiger partial charge in [-0.1, -0.05) is 12.2 Å². The summed E-state index contributed by atoms with van der Waals surface area (Å²) in [4.78, 5) is 39.3. The maximum absolute atomic E-state index is 13.3. The number of nitrogens with zero attached hydrogens (tertiary/aromatic N) is 1. The van der Waals surface area contributed by atoms with E-state index < -0.39 is 11.4 Å². The van der Waals surface area contributed by atoms with E-state index in [-0.39, 0.29) is 35.0 Å². The van der Waals surface area contributed by atoms with Crippen LogP contribution >= 0.6 is 0 Å². The van der Waals surface area contributed by atoms with Crippen LogP contribution in [0.4, 0.5) is 5.69 Å². The fraction of sp³-hybridized carbons (Fsp3) is 0.450. The number of hydrogen-bond acceptors (Lipinski definition) is 4.